The van der Waals surface area contributed by atoms with Gasteiger partial charge in [-0.25, -0.2) is 0 Å². The molecule has 5 heteroatoms. The first-order chi connectivity index (χ1) is 12.7. The van der Waals surface area contributed by atoms with Crippen molar-refractivity contribution in [2.24, 2.45) is 17.8 Å². The summed E-state index contributed by atoms with van der Waals surface area (Å²) in [5.41, 5.74) is 3.69. The van der Waals surface area contributed by atoms with Crippen molar-refractivity contribution < 1.29 is 9.66 Å². The molecule has 3 aliphatic rings. The molecule has 1 N–H and O–H groups in total. The van der Waals surface area contributed by atoms with E-state index in [-0.39, 0.29) is 16.7 Å². The first-order valence-corrected chi connectivity index (χ1v) is 9.34. The number of hydrogen-bond donors (Lipinski definition) is 1. The van der Waals surface area contributed by atoms with Crippen LogP contribution in [0.15, 0.2) is 42.5 Å². The molecule has 2 bridgehead atoms. The molecule has 26 heavy (non-hydrogen) atoms. The number of anilines is 1. The molecule has 0 spiro atoms. The number of fused-ring (bicyclic) bond motifs is 7. The topological polar surface area (TPSA) is 64.4 Å². The molecule has 134 valence electrons. The van der Waals surface area contributed by atoms with Crippen molar-refractivity contribution in [1.29, 1.82) is 0 Å². The first-order valence-electron chi connectivity index (χ1n) is 9.34. The van der Waals surface area contributed by atoms with Gasteiger partial charge in [0.2, 0.25) is 0 Å². The van der Waals surface area contributed by atoms with Gasteiger partial charge in [0.1, 0.15) is 5.75 Å². The van der Waals surface area contributed by atoms with E-state index in [9.17, 15) is 10.1 Å². The summed E-state index contributed by atoms with van der Waals surface area (Å²) >= 11 is 0. The third-order valence-electron chi connectivity index (χ3n) is 6.76. The first kappa shape index (κ1) is 15.7. The highest BCUT2D eigenvalue weighted by molar-refractivity contribution is 5.62. The molecule has 5 rings (SSSR count). The zero-order chi connectivity index (χ0) is 17.8. The van der Waals surface area contributed by atoms with Gasteiger partial charge in [-0.1, -0.05) is 12.1 Å². The van der Waals surface area contributed by atoms with Crippen LogP contribution in [0.2, 0.25) is 0 Å². The zero-order valence-electron chi connectivity index (χ0n) is 14.7. The quantitative estimate of drug-likeness (QED) is 0.632. The van der Waals surface area contributed by atoms with E-state index in [1.807, 2.05) is 24.3 Å². The summed E-state index contributed by atoms with van der Waals surface area (Å²) in [5, 5.41) is 15.0. The number of rotatable bonds is 3. The second kappa shape index (κ2) is 5.73. The molecule has 0 radical (unpaired) electrons. The fourth-order valence-corrected chi connectivity index (χ4v) is 5.73. The standard InChI is InChI=1S/C21H22N2O3/c1-26-16-7-4-12(5-8-16)21-20-14-3-2-13(10-14)19(20)17-11-15(23(24)25)6-9-18(17)22-21/h4-9,11,13-14,19-22H,2-3,10H2,1H3/t13-,14-,19+,20-,21-/m0/s1. The second-order valence-corrected chi connectivity index (χ2v) is 7.86. The van der Waals surface area contributed by atoms with Crippen molar-refractivity contribution in [2.45, 2.75) is 31.2 Å². The Balaban J connectivity index is 1.59. The molecular weight excluding hydrogens is 328 g/mol. The Bertz CT molecular complexity index is 864. The SMILES string of the molecule is COc1ccc([C@@H]2Nc3ccc([N+](=O)[O-])cc3[C@H]3[C@H]4CC[C@@H](C4)[C@@H]32)cc1. The number of hydrogen-bond acceptors (Lipinski definition) is 4. The monoisotopic (exact) mass is 350 g/mol. The van der Waals surface area contributed by atoms with Gasteiger partial charge in [0.25, 0.3) is 5.69 Å². The molecule has 0 saturated heterocycles. The van der Waals surface area contributed by atoms with E-state index in [0.29, 0.717) is 23.7 Å². The van der Waals surface area contributed by atoms with Crippen molar-refractivity contribution in [2.75, 3.05) is 12.4 Å². The van der Waals surface area contributed by atoms with E-state index >= 15 is 0 Å². The molecule has 2 aromatic rings. The Labute approximate surface area is 152 Å². The fourth-order valence-electron chi connectivity index (χ4n) is 5.73. The molecule has 0 aromatic heterocycles. The normalized spacial score (nSPS) is 31.0. The van der Waals surface area contributed by atoms with Gasteiger partial charge in [0.15, 0.2) is 0 Å². The third kappa shape index (κ3) is 2.23. The maximum Gasteiger partial charge on any atom is 0.269 e. The third-order valence-corrected chi connectivity index (χ3v) is 6.76. The minimum absolute atomic E-state index is 0.204. The summed E-state index contributed by atoms with van der Waals surface area (Å²) < 4.78 is 5.30. The van der Waals surface area contributed by atoms with Crippen LogP contribution in [0.25, 0.3) is 0 Å². The van der Waals surface area contributed by atoms with Crippen molar-refractivity contribution in [3.63, 3.8) is 0 Å². The zero-order valence-corrected chi connectivity index (χ0v) is 14.7. The minimum Gasteiger partial charge on any atom is -0.497 e. The van der Waals surface area contributed by atoms with Crippen LogP contribution in [0, 0.1) is 27.9 Å². The van der Waals surface area contributed by atoms with Crippen LogP contribution >= 0.6 is 0 Å². The lowest BCUT2D eigenvalue weighted by Crippen LogP contribution is -2.35. The number of nitrogens with one attached hydrogen (secondary N) is 1. The Morgan fingerprint density at radius 2 is 1.88 bits per heavy atom. The molecule has 0 amide bonds. The highest BCUT2D eigenvalue weighted by Crippen LogP contribution is 2.63. The van der Waals surface area contributed by atoms with E-state index in [0.717, 1.165) is 17.0 Å². The molecular formula is C21H22N2O3. The minimum atomic E-state index is -0.280. The number of benzene rings is 2. The van der Waals surface area contributed by atoms with Gasteiger partial charge in [0.05, 0.1) is 18.1 Å². The molecule has 5 nitrogen and oxygen atoms in total. The Morgan fingerprint density at radius 1 is 1.12 bits per heavy atom. The van der Waals surface area contributed by atoms with Gasteiger partial charge < -0.3 is 10.1 Å². The maximum atomic E-state index is 11.3. The van der Waals surface area contributed by atoms with Crippen LogP contribution in [0.4, 0.5) is 11.4 Å². The van der Waals surface area contributed by atoms with Crippen molar-refractivity contribution >= 4 is 11.4 Å². The predicted octanol–water partition coefficient (Wildman–Crippen LogP) is 4.90. The molecule has 2 aliphatic carbocycles. The maximum absolute atomic E-state index is 11.3. The highest BCUT2D eigenvalue weighted by Gasteiger charge is 2.54. The number of nitrogens with zero attached hydrogens (tertiary/aromatic N) is 1. The summed E-state index contributed by atoms with van der Waals surface area (Å²) in [7, 11) is 1.68. The van der Waals surface area contributed by atoms with Crippen LogP contribution < -0.4 is 10.1 Å². The van der Waals surface area contributed by atoms with Gasteiger partial charge >= 0.3 is 0 Å². The summed E-state index contributed by atoms with van der Waals surface area (Å²) in [4.78, 5) is 11.0. The number of nitro groups is 1. The summed E-state index contributed by atoms with van der Waals surface area (Å²) in [6, 6.07) is 13.9. The van der Waals surface area contributed by atoms with Gasteiger partial charge in [-0.05, 0) is 72.3 Å². The number of methoxy groups -OCH3 is 1. The van der Waals surface area contributed by atoms with Gasteiger partial charge in [-0.15, -0.1) is 0 Å². The Morgan fingerprint density at radius 3 is 2.62 bits per heavy atom. The predicted molar refractivity (Wildman–Crippen MR) is 99.5 cm³/mol. The van der Waals surface area contributed by atoms with Gasteiger partial charge in [-0.3, -0.25) is 10.1 Å². The lowest BCUT2D eigenvalue weighted by atomic mass is 9.68. The molecule has 2 fully saturated rings. The lowest BCUT2D eigenvalue weighted by molar-refractivity contribution is -0.384. The average Bonchev–Trinajstić information content (AvgIpc) is 3.29. The molecule has 1 heterocycles. The van der Waals surface area contributed by atoms with E-state index in [4.69, 9.17) is 4.74 Å². The van der Waals surface area contributed by atoms with E-state index in [1.165, 1.54) is 24.8 Å². The fraction of sp³-hybridized carbons (Fsp3) is 0.429. The average molecular weight is 350 g/mol. The van der Waals surface area contributed by atoms with Crippen molar-refractivity contribution in [3.8, 4) is 5.75 Å². The van der Waals surface area contributed by atoms with Crippen molar-refractivity contribution in [3.05, 3.63) is 63.7 Å². The van der Waals surface area contributed by atoms with Crippen LogP contribution in [-0.4, -0.2) is 12.0 Å². The second-order valence-electron chi connectivity index (χ2n) is 7.86. The van der Waals surface area contributed by atoms with E-state index in [1.54, 1.807) is 13.2 Å². The van der Waals surface area contributed by atoms with Crippen LogP contribution in [0.3, 0.4) is 0 Å². The number of ether oxygens (including phenoxy) is 1. The summed E-state index contributed by atoms with van der Waals surface area (Å²) in [6.07, 6.45) is 3.79. The summed E-state index contributed by atoms with van der Waals surface area (Å²) in [6.45, 7) is 0. The number of non-ortho nitro benzene ring substituents is 1. The molecule has 1 aliphatic heterocycles. The van der Waals surface area contributed by atoms with Crippen molar-refractivity contribution in [1.82, 2.24) is 0 Å². The molecule has 5 atom stereocenters. The molecule has 0 unspecified atom stereocenters. The Hall–Kier alpha value is -2.56. The van der Waals surface area contributed by atoms with Gasteiger partial charge in [-0.2, -0.15) is 0 Å². The smallest absolute Gasteiger partial charge is 0.269 e. The highest BCUT2D eigenvalue weighted by atomic mass is 16.6. The number of nitro benzene ring substituents is 1. The van der Waals surface area contributed by atoms with Crippen LogP contribution in [0.1, 0.15) is 42.3 Å². The van der Waals surface area contributed by atoms with Crippen LogP contribution in [0.5, 0.6) is 5.75 Å². The van der Waals surface area contributed by atoms with Gasteiger partial charge in [0, 0.05) is 17.8 Å². The lowest BCUT2D eigenvalue weighted by Gasteiger charge is -2.43. The van der Waals surface area contributed by atoms with E-state index in [2.05, 4.69) is 17.4 Å². The largest absolute Gasteiger partial charge is 0.497 e. The summed E-state index contributed by atoms with van der Waals surface area (Å²) in [5.74, 6) is 3.17. The Kier molecular flexibility index (Phi) is 3.45. The van der Waals surface area contributed by atoms with E-state index < -0.39 is 0 Å². The molecule has 2 aromatic carbocycles. The van der Waals surface area contributed by atoms with Crippen LogP contribution in [-0.2, 0) is 0 Å². The molecule has 2 saturated carbocycles.